The van der Waals surface area contributed by atoms with Crippen LogP contribution in [0.4, 0.5) is 11.8 Å². The summed E-state index contributed by atoms with van der Waals surface area (Å²) >= 11 is 3.54. The second-order valence-corrected chi connectivity index (χ2v) is 5.61. The summed E-state index contributed by atoms with van der Waals surface area (Å²) in [6, 6.07) is 0. The molecule has 2 unspecified atom stereocenters. The fourth-order valence-corrected chi connectivity index (χ4v) is 2.57. The largest absolute Gasteiger partial charge is 0.355 e. The van der Waals surface area contributed by atoms with Crippen LogP contribution in [-0.4, -0.2) is 29.6 Å². The highest BCUT2D eigenvalue weighted by Crippen LogP contribution is 2.31. The Morgan fingerprint density at radius 3 is 2.65 bits per heavy atom. The van der Waals surface area contributed by atoms with Gasteiger partial charge >= 0.3 is 0 Å². The van der Waals surface area contributed by atoms with E-state index in [9.17, 15) is 0 Å². The van der Waals surface area contributed by atoms with Gasteiger partial charge < -0.3 is 10.2 Å². The van der Waals surface area contributed by atoms with E-state index in [1.807, 2.05) is 13.1 Å². The zero-order valence-electron chi connectivity index (χ0n) is 10.6. The summed E-state index contributed by atoms with van der Waals surface area (Å²) in [6.45, 7) is 9.62. The quantitative estimate of drug-likeness (QED) is 0.932. The van der Waals surface area contributed by atoms with Crippen molar-refractivity contribution in [2.45, 2.75) is 20.8 Å². The maximum atomic E-state index is 4.57. The van der Waals surface area contributed by atoms with Crippen LogP contribution in [0.5, 0.6) is 0 Å². The van der Waals surface area contributed by atoms with Crippen molar-refractivity contribution in [2.75, 3.05) is 29.9 Å². The monoisotopic (exact) mass is 298 g/mol. The van der Waals surface area contributed by atoms with Gasteiger partial charge in [0.15, 0.2) is 0 Å². The minimum absolute atomic E-state index is 0.706. The van der Waals surface area contributed by atoms with Crippen LogP contribution < -0.4 is 10.2 Å². The third-order valence-electron chi connectivity index (χ3n) is 3.35. The van der Waals surface area contributed by atoms with Gasteiger partial charge in [-0.25, -0.2) is 4.98 Å². The van der Waals surface area contributed by atoms with Crippen LogP contribution in [0.25, 0.3) is 0 Å². The van der Waals surface area contributed by atoms with Crippen LogP contribution in [0.1, 0.15) is 20.8 Å². The number of halogens is 1. The first kappa shape index (κ1) is 12.6. The molecule has 0 aromatic carbocycles. The van der Waals surface area contributed by atoms with E-state index in [-0.39, 0.29) is 0 Å². The molecule has 5 heteroatoms. The van der Waals surface area contributed by atoms with Crippen LogP contribution in [0.3, 0.4) is 0 Å². The lowest BCUT2D eigenvalue weighted by atomic mass is 10.0. The van der Waals surface area contributed by atoms with E-state index < -0.39 is 0 Å². The summed E-state index contributed by atoms with van der Waals surface area (Å²) in [6.07, 6.45) is 1.83. The van der Waals surface area contributed by atoms with Crippen molar-refractivity contribution >= 4 is 27.7 Å². The molecule has 1 aliphatic heterocycles. The lowest BCUT2D eigenvalue weighted by molar-refractivity contribution is 0.494. The molecule has 17 heavy (non-hydrogen) atoms. The van der Waals surface area contributed by atoms with Gasteiger partial charge in [-0.15, -0.1) is 0 Å². The Hall–Kier alpha value is -0.840. The molecule has 1 aromatic rings. The number of rotatable bonds is 3. The van der Waals surface area contributed by atoms with Crippen molar-refractivity contribution in [1.29, 1.82) is 0 Å². The lowest BCUT2D eigenvalue weighted by Crippen LogP contribution is -2.22. The van der Waals surface area contributed by atoms with Crippen molar-refractivity contribution < 1.29 is 0 Å². The molecule has 2 rings (SSSR count). The fourth-order valence-electron chi connectivity index (χ4n) is 2.13. The summed E-state index contributed by atoms with van der Waals surface area (Å²) in [5, 5.41) is 3.15. The van der Waals surface area contributed by atoms with E-state index >= 15 is 0 Å². The van der Waals surface area contributed by atoms with E-state index in [2.05, 4.69) is 50.0 Å². The van der Waals surface area contributed by atoms with Crippen LogP contribution in [0.15, 0.2) is 10.7 Å². The van der Waals surface area contributed by atoms with Gasteiger partial charge in [-0.05, 0) is 34.7 Å². The standard InChI is InChI=1S/C12H19BrN4/c1-4-14-12-15-5-10(13)11(16-12)17-6-8(2)9(3)7-17/h5,8-9H,4,6-7H2,1-3H3,(H,14,15,16). The van der Waals surface area contributed by atoms with Crippen LogP contribution in [0, 0.1) is 11.8 Å². The number of anilines is 2. The van der Waals surface area contributed by atoms with Crippen molar-refractivity contribution in [2.24, 2.45) is 11.8 Å². The normalized spacial score (nSPS) is 24.1. The summed E-state index contributed by atoms with van der Waals surface area (Å²) < 4.78 is 0.973. The minimum Gasteiger partial charge on any atom is -0.355 e. The van der Waals surface area contributed by atoms with E-state index in [1.54, 1.807) is 0 Å². The molecule has 2 heterocycles. The van der Waals surface area contributed by atoms with Gasteiger partial charge in [-0.1, -0.05) is 13.8 Å². The summed E-state index contributed by atoms with van der Waals surface area (Å²) in [5.74, 6) is 3.16. The maximum absolute atomic E-state index is 4.57. The predicted octanol–water partition coefficient (Wildman–Crippen LogP) is 2.76. The average molecular weight is 299 g/mol. The summed E-state index contributed by atoms with van der Waals surface area (Å²) in [7, 11) is 0. The number of hydrogen-bond donors (Lipinski definition) is 1. The average Bonchev–Trinajstić information content (AvgIpc) is 2.62. The van der Waals surface area contributed by atoms with Crippen molar-refractivity contribution in [3.63, 3.8) is 0 Å². The highest BCUT2D eigenvalue weighted by Gasteiger charge is 2.28. The number of hydrogen-bond acceptors (Lipinski definition) is 4. The zero-order valence-corrected chi connectivity index (χ0v) is 12.2. The van der Waals surface area contributed by atoms with Crippen LogP contribution >= 0.6 is 15.9 Å². The second kappa shape index (κ2) is 5.21. The minimum atomic E-state index is 0.706. The first-order valence-corrected chi connectivity index (χ1v) is 6.92. The highest BCUT2D eigenvalue weighted by molar-refractivity contribution is 9.10. The molecular weight excluding hydrogens is 280 g/mol. The molecule has 1 saturated heterocycles. The molecule has 0 radical (unpaired) electrons. The number of aromatic nitrogens is 2. The molecular formula is C12H19BrN4. The van der Waals surface area contributed by atoms with Gasteiger partial charge in [0, 0.05) is 25.8 Å². The smallest absolute Gasteiger partial charge is 0.224 e. The molecule has 0 saturated carbocycles. The van der Waals surface area contributed by atoms with E-state index in [0.29, 0.717) is 5.95 Å². The number of nitrogens with one attached hydrogen (secondary N) is 1. The molecule has 0 spiro atoms. The molecule has 1 fully saturated rings. The molecule has 1 aliphatic rings. The van der Waals surface area contributed by atoms with Crippen molar-refractivity contribution in [1.82, 2.24) is 9.97 Å². The van der Waals surface area contributed by atoms with E-state index in [0.717, 1.165) is 41.8 Å². The van der Waals surface area contributed by atoms with E-state index in [1.165, 1.54) is 0 Å². The van der Waals surface area contributed by atoms with Gasteiger partial charge in [-0.3, -0.25) is 0 Å². The lowest BCUT2D eigenvalue weighted by Gasteiger charge is -2.19. The fraction of sp³-hybridized carbons (Fsp3) is 0.667. The van der Waals surface area contributed by atoms with Gasteiger partial charge in [0.25, 0.3) is 0 Å². The predicted molar refractivity (Wildman–Crippen MR) is 74.4 cm³/mol. The van der Waals surface area contributed by atoms with Gasteiger partial charge in [0.2, 0.25) is 5.95 Å². The van der Waals surface area contributed by atoms with Crippen LogP contribution in [0.2, 0.25) is 0 Å². The van der Waals surface area contributed by atoms with Gasteiger partial charge in [0.05, 0.1) is 4.47 Å². The maximum Gasteiger partial charge on any atom is 0.224 e. The Morgan fingerprint density at radius 1 is 1.41 bits per heavy atom. The SMILES string of the molecule is CCNc1ncc(Br)c(N2CC(C)C(C)C2)n1. The Kier molecular flexibility index (Phi) is 3.86. The zero-order chi connectivity index (χ0) is 12.4. The molecule has 0 bridgehead atoms. The second-order valence-electron chi connectivity index (χ2n) is 4.76. The Bertz CT molecular complexity index is 386. The van der Waals surface area contributed by atoms with Gasteiger partial charge in [-0.2, -0.15) is 4.98 Å². The molecule has 1 N–H and O–H groups in total. The molecule has 0 amide bonds. The molecule has 94 valence electrons. The summed E-state index contributed by atoms with van der Waals surface area (Å²) in [5.41, 5.74) is 0. The first-order valence-electron chi connectivity index (χ1n) is 6.13. The summed E-state index contributed by atoms with van der Waals surface area (Å²) in [4.78, 5) is 11.1. The van der Waals surface area contributed by atoms with E-state index in [4.69, 9.17) is 0 Å². The molecule has 2 atom stereocenters. The Labute approximate surface area is 111 Å². The van der Waals surface area contributed by atoms with Gasteiger partial charge in [0.1, 0.15) is 5.82 Å². The Morgan fingerprint density at radius 2 is 2.06 bits per heavy atom. The third kappa shape index (κ3) is 2.70. The highest BCUT2D eigenvalue weighted by atomic mass is 79.9. The number of nitrogens with zero attached hydrogens (tertiary/aromatic N) is 3. The Balaban J connectivity index is 2.22. The van der Waals surface area contributed by atoms with Crippen molar-refractivity contribution in [3.8, 4) is 0 Å². The molecule has 4 nitrogen and oxygen atoms in total. The first-order chi connectivity index (χ1) is 8.11. The molecule has 0 aliphatic carbocycles. The molecule has 1 aromatic heterocycles. The topological polar surface area (TPSA) is 41.1 Å². The van der Waals surface area contributed by atoms with Crippen LogP contribution in [-0.2, 0) is 0 Å². The van der Waals surface area contributed by atoms with Crippen molar-refractivity contribution in [3.05, 3.63) is 10.7 Å². The third-order valence-corrected chi connectivity index (χ3v) is 3.91.